The van der Waals surface area contributed by atoms with Crippen LogP contribution in [0.1, 0.15) is 18.1 Å². The van der Waals surface area contributed by atoms with Crippen molar-refractivity contribution in [2.75, 3.05) is 33.2 Å². The standard InChI is InChI=1S/C21H22N6O4/c1-12-14(18(28)26(24(4)5)20(30)16(12)11-22)9-8-10-15-13(2)17(23-3)21(31)27(19(15)29)25(6)7/h8-10,31H,1-2,4-7H3/b10-8+,14-9-. The highest BCUT2D eigenvalue weighted by Gasteiger charge is 2.36. The SMILES string of the molecule is [C-]#[N+]c1c(C)c(/C=C/C=C2\C(=O)N(N(C)C)C(=O)C(C#N)=C2C)c(=O)n(N(C)C)c1O. The van der Waals surface area contributed by atoms with Gasteiger partial charge in [0.1, 0.15) is 11.6 Å². The van der Waals surface area contributed by atoms with Crippen LogP contribution in [0.25, 0.3) is 10.9 Å². The van der Waals surface area contributed by atoms with Crippen molar-refractivity contribution in [2.45, 2.75) is 13.8 Å². The average molecular weight is 422 g/mol. The molecule has 1 aromatic heterocycles. The lowest BCUT2D eigenvalue weighted by Gasteiger charge is -2.31. The second-order valence-corrected chi connectivity index (χ2v) is 7.11. The fourth-order valence-electron chi connectivity index (χ4n) is 3.17. The first kappa shape index (κ1) is 23.1. The Hall–Kier alpha value is -4.15. The van der Waals surface area contributed by atoms with E-state index in [4.69, 9.17) is 6.57 Å². The third-order valence-electron chi connectivity index (χ3n) is 4.75. The highest BCUT2D eigenvalue weighted by atomic mass is 16.3. The fourth-order valence-corrected chi connectivity index (χ4v) is 3.17. The van der Waals surface area contributed by atoms with E-state index in [-0.39, 0.29) is 33.5 Å². The lowest BCUT2D eigenvalue weighted by atomic mass is 9.96. The molecule has 1 aliphatic rings. The van der Waals surface area contributed by atoms with Gasteiger partial charge in [0, 0.05) is 39.3 Å². The molecule has 31 heavy (non-hydrogen) atoms. The molecule has 0 unspecified atom stereocenters. The zero-order chi connectivity index (χ0) is 23.6. The van der Waals surface area contributed by atoms with Crippen molar-refractivity contribution in [3.63, 3.8) is 0 Å². The molecular weight excluding hydrogens is 400 g/mol. The number of hydrogen-bond acceptors (Lipinski definition) is 7. The Morgan fingerprint density at radius 2 is 1.71 bits per heavy atom. The molecule has 0 saturated carbocycles. The topological polar surface area (TPSA) is 114 Å². The number of carbonyl (C=O) groups is 2. The van der Waals surface area contributed by atoms with Gasteiger partial charge in [-0.3, -0.25) is 14.4 Å². The Morgan fingerprint density at radius 3 is 2.19 bits per heavy atom. The number of imide groups is 1. The van der Waals surface area contributed by atoms with E-state index in [2.05, 4.69) is 4.85 Å². The number of aromatic hydroxyl groups is 1. The third-order valence-corrected chi connectivity index (χ3v) is 4.75. The molecule has 2 rings (SSSR count). The highest BCUT2D eigenvalue weighted by Crippen LogP contribution is 2.31. The number of hydrogen-bond donors (Lipinski definition) is 1. The lowest BCUT2D eigenvalue weighted by Crippen LogP contribution is -2.50. The monoisotopic (exact) mass is 422 g/mol. The Kier molecular flexibility index (Phi) is 6.49. The summed E-state index contributed by atoms with van der Waals surface area (Å²) in [6.45, 7) is 10.4. The minimum Gasteiger partial charge on any atom is -0.502 e. The minimum atomic E-state index is -0.707. The summed E-state index contributed by atoms with van der Waals surface area (Å²) < 4.78 is 0.963. The van der Waals surface area contributed by atoms with Gasteiger partial charge in [-0.25, -0.2) is 14.9 Å². The zero-order valence-electron chi connectivity index (χ0n) is 18.1. The Balaban J connectivity index is 2.68. The maximum absolute atomic E-state index is 12.8. The molecule has 0 saturated heterocycles. The summed E-state index contributed by atoms with van der Waals surface area (Å²) in [5, 5.41) is 23.1. The number of amides is 2. The van der Waals surface area contributed by atoms with E-state index in [9.17, 15) is 24.8 Å². The van der Waals surface area contributed by atoms with Crippen molar-refractivity contribution >= 4 is 23.6 Å². The largest absolute Gasteiger partial charge is 0.502 e. The van der Waals surface area contributed by atoms with Gasteiger partial charge in [0.25, 0.3) is 23.1 Å². The van der Waals surface area contributed by atoms with Gasteiger partial charge in [-0.1, -0.05) is 12.2 Å². The van der Waals surface area contributed by atoms with Crippen LogP contribution in [-0.2, 0) is 9.59 Å². The van der Waals surface area contributed by atoms with Crippen molar-refractivity contribution in [2.24, 2.45) is 0 Å². The van der Waals surface area contributed by atoms with E-state index in [1.54, 1.807) is 21.0 Å². The molecule has 0 aromatic carbocycles. The van der Waals surface area contributed by atoms with Crippen LogP contribution in [0.3, 0.4) is 0 Å². The smallest absolute Gasteiger partial charge is 0.286 e. The summed E-state index contributed by atoms with van der Waals surface area (Å²) >= 11 is 0. The molecule has 10 heteroatoms. The summed E-state index contributed by atoms with van der Waals surface area (Å²) in [5.74, 6) is -1.77. The van der Waals surface area contributed by atoms with E-state index in [0.29, 0.717) is 0 Å². The van der Waals surface area contributed by atoms with Crippen molar-refractivity contribution in [1.82, 2.24) is 14.7 Å². The fraction of sp³-hybridized carbons (Fsp3) is 0.286. The summed E-state index contributed by atoms with van der Waals surface area (Å²) in [6.07, 6.45) is 4.26. The second kappa shape index (κ2) is 8.69. The first-order valence-corrected chi connectivity index (χ1v) is 9.08. The number of rotatable bonds is 4. The molecular formula is C21H22N6O4. The van der Waals surface area contributed by atoms with Gasteiger partial charge in [0.2, 0.25) is 5.88 Å². The van der Waals surface area contributed by atoms with Gasteiger partial charge in [0.15, 0.2) is 0 Å². The van der Waals surface area contributed by atoms with Crippen LogP contribution in [0.2, 0.25) is 0 Å². The number of pyridine rings is 1. The predicted molar refractivity (Wildman–Crippen MR) is 114 cm³/mol. The van der Waals surface area contributed by atoms with E-state index in [1.165, 1.54) is 49.3 Å². The second-order valence-electron chi connectivity index (χ2n) is 7.11. The van der Waals surface area contributed by atoms with Crippen molar-refractivity contribution in [3.05, 3.63) is 61.8 Å². The van der Waals surface area contributed by atoms with Gasteiger partial charge in [-0.15, -0.1) is 0 Å². The maximum atomic E-state index is 12.8. The summed E-state index contributed by atoms with van der Waals surface area (Å²) in [5.41, 5.74) is 0.0226. The van der Waals surface area contributed by atoms with E-state index in [0.717, 1.165) is 9.69 Å². The van der Waals surface area contributed by atoms with Crippen molar-refractivity contribution < 1.29 is 14.7 Å². The van der Waals surface area contributed by atoms with E-state index in [1.807, 2.05) is 6.07 Å². The van der Waals surface area contributed by atoms with Crippen LogP contribution in [0, 0.1) is 24.8 Å². The normalized spacial score (nSPS) is 15.8. The Labute approximate surface area is 179 Å². The number of hydrazine groups is 1. The van der Waals surface area contributed by atoms with Gasteiger partial charge >= 0.3 is 0 Å². The van der Waals surface area contributed by atoms with Gasteiger partial charge < -0.3 is 10.1 Å². The summed E-state index contributed by atoms with van der Waals surface area (Å²) in [7, 11) is 6.11. The zero-order valence-corrected chi connectivity index (χ0v) is 18.1. The molecule has 0 bridgehead atoms. The number of aromatic nitrogens is 1. The third kappa shape index (κ3) is 3.84. The first-order chi connectivity index (χ1) is 14.5. The van der Waals surface area contributed by atoms with Crippen LogP contribution < -0.4 is 10.6 Å². The first-order valence-electron chi connectivity index (χ1n) is 9.08. The highest BCUT2D eigenvalue weighted by molar-refractivity contribution is 6.17. The number of carbonyl (C=O) groups excluding carboxylic acids is 2. The molecule has 10 nitrogen and oxygen atoms in total. The molecule has 1 aliphatic heterocycles. The summed E-state index contributed by atoms with van der Waals surface area (Å²) in [6, 6.07) is 1.83. The van der Waals surface area contributed by atoms with Gasteiger partial charge in [-0.2, -0.15) is 9.94 Å². The molecule has 1 N–H and O–H groups in total. The van der Waals surface area contributed by atoms with E-state index >= 15 is 0 Å². The molecule has 2 amide bonds. The quantitative estimate of drug-likeness (QED) is 0.441. The van der Waals surface area contributed by atoms with Crippen LogP contribution in [0.4, 0.5) is 5.69 Å². The predicted octanol–water partition coefficient (Wildman–Crippen LogP) is 1.24. The van der Waals surface area contributed by atoms with Crippen molar-refractivity contribution in [1.29, 1.82) is 5.26 Å². The molecule has 0 spiro atoms. The van der Waals surface area contributed by atoms with Gasteiger partial charge in [0.05, 0.1) is 6.57 Å². The summed E-state index contributed by atoms with van der Waals surface area (Å²) in [4.78, 5) is 41.3. The Bertz CT molecular complexity index is 1200. The molecule has 0 aliphatic carbocycles. The molecule has 0 fully saturated rings. The van der Waals surface area contributed by atoms with Crippen LogP contribution in [0.5, 0.6) is 5.88 Å². The maximum Gasteiger partial charge on any atom is 0.286 e. The van der Waals surface area contributed by atoms with E-state index < -0.39 is 23.3 Å². The van der Waals surface area contributed by atoms with Crippen LogP contribution >= 0.6 is 0 Å². The molecule has 0 atom stereocenters. The average Bonchev–Trinajstić information content (AvgIpc) is 2.66. The number of nitriles is 1. The van der Waals surface area contributed by atoms with Gasteiger partial charge in [-0.05, 0) is 31.1 Å². The molecule has 160 valence electrons. The number of allylic oxidation sites excluding steroid dienone is 2. The Morgan fingerprint density at radius 1 is 1.10 bits per heavy atom. The van der Waals surface area contributed by atoms with Crippen LogP contribution in [-0.4, -0.2) is 59.8 Å². The number of nitrogens with zero attached hydrogens (tertiary/aromatic N) is 6. The molecule has 0 radical (unpaired) electrons. The lowest BCUT2D eigenvalue weighted by molar-refractivity contribution is -0.155. The van der Waals surface area contributed by atoms with Crippen LogP contribution in [0.15, 0.2) is 33.7 Å². The molecule has 2 heterocycles. The minimum absolute atomic E-state index is 0.0680. The van der Waals surface area contributed by atoms with Crippen molar-refractivity contribution in [3.8, 4) is 11.9 Å². The molecule has 1 aromatic rings.